The molecule has 1 aliphatic heterocycles. The van der Waals surface area contributed by atoms with Crippen molar-refractivity contribution in [1.29, 1.82) is 0 Å². The molecule has 0 aliphatic carbocycles. The summed E-state index contributed by atoms with van der Waals surface area (Å²) in [6, 6.07) is 20.7. The van der Waals surface area contributed by atoms with Gasteiger partial charge in [-0.05, 0) is 30.7 Å². The first-order valence-corrected chi connectivity index (χ1v) is 10.3. The molecule has 0 radical (unpaired) electrons. The Kier molecular flexibility index (Phi) is 6.37. The van der Waals surface area contributed by atoms with Crippen LogP contribution in [0.3, 0.4) is 0 Å². The Balaban J connectivity index is 1.35. The minimum absolute atomic E-state index is 0.0504. The number of ether oxygens (including phenoxy) is 1. The maximum Gasteiger partial charge on any atom is 0.225 e. The zero-order valence-electron chi connectivity index (χ0n) is 16.9. The van der Waals surface area contributed by atoms with Crippen LogP contribution in [0.4, 0.5) is 5.95 Å². The van der Waals surface area contributed by atoms with E-state index in [9.17, 15) is 0 Å². The van der Waals surface area contributed by atoms with E-state index in [1.54, 1.807) is 0 Å². The van der Waals surface area contributed by atoms with Gasteiger partial charge in [0.15, 0.2) is 0 Å². The van der Waals surface area contributed by atoms with Gasteiger partial charge in [0.05, 0.1) is 0 Å². The van der Waals surface area contributed by atoms with Crippen LogP contribution in [0.5, 0.6) is 5.75 Å². The monoisotopic (exact) mass is 388 g/mol. The first kappa shape index (κ1) is 19.4. The van der Waals surface area contributed by atoms with E-state index in [0.717, 1.165) is 50.8 Å². The van der Waals surface area contributed by atoms with Crippen molar-refractivity contribution in [3.63, 3.8) is 0 Å². The third kappa shape index (κ3) is 5.33. The summed E-state index contributed by atoms with van der Waals surface area (Å²) < 4.78 is 6.38. The van der Waals surface area contributed by atoms with E-state index in [1.165, 1.54) is 11.1 Å². The smallest absolute Gasteiger partial charge is 0.225 e. The molecular formula is C24H28N4O. The van der Waals surface area contributed by atoms with Crippen LogP contribution in [0.2, 0.25) is 0 Å². The predicted molar refractivity (Wildman–Crippen MR) is 116 cm³/mol. The van der Waals surface area contributed by atoms with Crippen molar-refractivity contribution in [2.45, 2.75) is 19.4 Å². The van der Waals surface area contributed by atoms with Gasteiger partial charge in [-0.25, -0.2) is 9.97 Å². The van der Waals surface area contributed by atoms with E-state index < -0.39 is 0 Å². The Morgan fingerprint density at radius 1 is 0.862 bits per heavy atom. The predicted octanol–water partition coefficient (Wildman–Crippen LogP) is 4.12. The molecule has 1 saturated heterocycles. The van der Waals surface area contributed by atoms with Crippen molar-refractivity contribution in [2.75, 3.05) is 37.6 Å². The number of aryl methyl sites for hydroxylation is 1. The lowest BCUT2D eigenvalue weighted by atomic mass is 10.1. The zero-order chi connectivity index (χ0) is 19.9. The quantitative estimate of drug-likeness (QED) is 0.609. The maximum absolute atomic E-state index is 6.38. The van der Waals surface area contributed by atoms with Gasteiger partial charge in [0.1, 0.15) is 11.9 Å². The number of rotatable bonds is 7. The van der Waals surface area contributed by atoms with Gasteiger partial charge < -0.3 is 9.64 Å². The molecule has 0 amide bonds. The Bertz CT molecular complexity index is 862. The number of hydrogen-bond acceptors (Lipinski definition) is 5. The molecule has 3 aromatic rings. The number of benzene rings is 2. The van der Waals surface area contributed by atoms with Gasteiger partial charge in [0.25, 0.3) is 0 Å². The van der Waals surface area contributed by atoms with E-state index in [-0.39, 0.29) is 6.10 Å². The number of nitrogens with zero attached hydrogens (tertiary/aromatic N) is 4. The van der Waals surface area contributed by atoms with Crippen LogP contribution in [0.15, 0.2) is 73.1 Å². The molecule has 1 unspecified atom stereocenters. The van der Waals surface area contributed by atoms with Gasteiger partial charge in [0.2, 0.25) is 5.95 Å². The van der Waals surface area contributed by atoms with Gasteiger partial charge in [-0.2, -0.15) is 0 Å². The van der Waals surface area contributed by atoms with Crippen molar-refractivity contribution >= 4 is 5.95 Å². The SMILES string of the molecule is Cc1ccc(OC(CCN2CCN(c3ncccn3)CC2)c2ccccc2)cc1. The second kappa shape index (κ2) is 9.52. The summed E-state index contributed by atoms with van der Waals surface area (Å²) >= 11 is 0. The van der Waals surface area contributed by atoms with E-state index in [4.69, 9.17) is 4.74 Å². The van der Waals surface area contributed by atoms with Gasteiger partial charge >= 0.3 is 0 Å². The molecule has 0 bridgehead atoms. The summed E-state index contributed by atoms with van der Waals surface area (Å²) in [5, 5.41) is 0. The highest BCUT2D eigenvalue weighted by molar-refractivity contribution is 5.29. The number of hydrogen-bond donors (Lipinski definition) is 0. The molecule has 29 heavy (non-hydrogen) atoms. The minimum atomic E-state index is 0.0504. The molecule has 5 heteroatoms. The van der Waals surface area contributed by atoms with Crippen LogP contribution in [0, 0.1) is 6.92 Å². The van der Waals surface area contributed by atoms with Crippen LogP contribution in [0.25, 0.3) is 0 Å². The van der Waals surface area contributed by atoms with Crippen molar-refractivity contribution in [2.24, 2.45) is 0 Å². The molecule has 5 nitrogen and oxygen atoms in total. The van der Waals surface area contributed by atoms with E-state index in [2.05, 4.69) is 81.3 Å². The lowest BCUT2D eigenvalue weighted by Crippen LogP contribution is -2.47. The largest absolute Gasteiger partial charge is 0.486 e. The van der Waals surface area contributed by atoms with Crippen molar-refractivity contribution in [3.8, 4) is 5.75 Å². The molecule has 0 N–H and O–H groups in total. The minimum Gasteiger partial charge on any atom is -0.486 e. The van der Waals surface area contributed by atoms with Crippen molar-refractivity contribution in [3.05, 3.63) is 84.2 Å². The third-order valence-corrected chi connectivity index (χ3v) is 5.39. The number of piperazine rings is 1. The first-order chi connectivity index (χ1) is 14.3. The summed E-state index contributed by atoms with van der Waals surface area (Å²) in [5.74, 6) is 1.76. The normalized spacial score (nSPS) is 15.8. The van der Waals surface area contributed by atoms with Gasteiger partial charge in [-0.3, -0.25) is 4.90 Å². The molecular weight excluding hydrogens is 360 g/mol. The molecule has 1 fully saturated rings. The molecule has 4 rings (SSSR count). The summed E-state index contributed by atoms with van der Waals surface area (Å²) in [6.45, 7) is 7.06. The average Bonchev–Trinajstić information content (AvgIpc) is 2.79. The summed E-state index contributed by atoms with van der Waals surface area (Å²) in [6.07, 6.45) is 4.62. The Hall–Kier alpha value is -2.92. The lowest BCUT2D eigenvalue weighted by molar-refractivity contribution is 0.160. The van der Waals surface area contributed by atoms with Gasteiger partial charge in [0, 0.05) is 51.5 Å². The fraction of sp³-hybridized carbons (Fsp3) is 0.333. The lowest BCUT2D eigenvalue weighted by Gasteiger charge is -2.35. The van der Waals surface area contributed by atoms with Crippen LogP contribution >= 0.6 is 0 Å². The highest BCUT2D eigenvalue weighted by Crippen LogP contribution is 2.25. The van der Waals surface area contributed by atoms with Gasteiger partial charge in [-0.15, -0.1) is 0 Å². The Morgan fingerprint density at radius 2 is 1.55 bits per heavy atom. The zero-order valence-corrected chi connectivity index (χ0v) is 16.9. The summed E-state index contributed by atoms with van der Waals surface area (Å²) in [4.78, 5) is 13.5. The number of aromatic nitrogens is 2. The van der Waals surface area contributed by atoms with Crippen LogP contribution in [-0.2, 0) is 0 Å². The topological polar surface area (TPSA) is 41.5 Å². The Morgan fingerprint density at radius 3 is 2.24 bits per heavy atom. The van der Waals surface area contributed by atoms with Crippen molar-refractivity contribution in [1.82, 2.24) is 14.9 Å². The third-order valence-electron chi connectivity index (χ3n) is 5.39. The van der Waals surface area contributed by atoms with Crippen LogP contribution in [-0.4, -0.2) is 47.6 Å². The molecule has 0 spiro atoms. The highest BCUT2D eigenvalue weighted by atomic mass is 16.5. The average molecular weight is 389 g/mol. The molecule has 1 aromatic heterocycles. The molecule has 2 aromatic carbocycles. The molecule has 150 valence electrons. The summed E-state index contributed by atoms with van der Waals surface area (Å²) in [7, 11) is 0. The van der Waals surface area contributed by atoms with Crippen LogP contribution < -0.4 is 9.64 Å². The van der Waals surface area contributed by atoms with Gasteiger partial charge in [-0.1, -0.05) is 48.0 Å². The van der Waals surface area contributed by atoms with E-state index >= 15 is 0 Å². The van der Waals surface area contributed by atoms with E-state index in [1.807, 2.05) is 18.5 Å². The maximum atomic E-state index is 6.38. The number of anilines is 1. The molecule has 1 atom stereocenters. The fourth-order valence-corrected chi connectivity index (χ4v) is 3.67. The fourth-order valence-electron chi connectivity index (χ4n) is 3.67. The van der Waals surface area contributed by atoms with Crippen LogP contribution in [0.1, 0.15) is 23.7 Å². The molecule has 2 heterocycles. The Labute approximate surface area is 173 Å². The second-order valence-corrected chi connectivity index (χ2v) is 7.50. The second-order valence-electron chi connectivity index (χ2n) is 7.50. The summed E-state index contributed by atoms with van der Waals surface area (Å²) in [5.41, 5.74) is 2.47. The first-order valence-electron chi connectivity index (χ1n) is 10.3. The van der Waals surface area contributed by atoms with E-state index in [0.29, 0.717) is 0 Å². The standard InChI is InChI=1S/C24H28N4O/c1-20-8-10-22(11-9-20)29-23(21-6-3-2-4-7-21)12-15-27-16-18-28(19-17-27)24-25-13-5-14-26-24/h2-11,13-14,23H,12,15-19H2,1H3. The highest BCUT2D eigenvalue weighted by Gasteiger charge is 2.21. The van der Waals surface area contributed by atoms with Crippen molar-refractivity contribution < 1.29 is 4.74 Å². The molecule has 1 aliphatic rings. The molecule has 0 saturated carbocycles.